The third kappa shape index (κ3) is 18.6. The molecule has 35 heteroatoms. The lowest BCUT2D eigenvalue weighted by Crippen LogP contribution is -2.56. The predicted molar refractivity (Wildman–Crippen MR) is 324 cm³/mol. The number of hydrogen-bond donors (Lipinski definition) is 5. The van der Waals surface area contributed by atoms with Gasteiger partial charge in [-0.3, -0.25) is 19.0 Å². The van der Waals surface area contributed by atoms with Gasteiger partial charge in [-0.05, 0) is 143 Å². The molecule has 2 aliphatic heterocycles. The first-order valence-electron chi connectivity index (χ1n) is 27.3. The summed E-state index contributed by atoms with van der Waals surface area (Å²) in [5.41, 5.74) is 3.69. The Labute approximate surface area is 535 Å². The highest BCUT2D eigenvalue weighted by molar-refractivity contribution is 7.92. The lowest BCUT2D eigenvalue weighted by Gasteiger charge is -2.41. The summed E-state index contributed by atoms with van der Waals surface area (Å²) in [7, 11) is -7.04. The van der Waals surface area contributed by atoms with Gasteiger partial charge in [-0.25, -0.2) is 62.9 Å². The molecule has 6 N–H and O–H groups in total. The van der Waals surface area contributed by atoms with Crippen LogP contribution in [0, 0.1) is 25.5 Å². The van der Waals surface area contributed by atoms with Gasteiger partial charge in [0.15, 0.2) is 5.78 Å². The molecule has 5 aromatic carbocycles. The number of aromatic nitrogens is 3. The SMILES string of the molecule is CC(=O)c1ccc2nc(C(F)(F)F)cc(Cl)c2c1.Cc1cc([C@@H](C)N)c(F)cc1NS(C)(=O)=O.Cc1cc([C@@H](C)NC(=O)c2ccc3nc(C(F)(F)F)cc(N4CC(F)(F)C4)c3c2)c(F)cc1NS(C)(=O)=O.O=C(O)c1ccc2nc(C(F)(F)F)cc(N3CC(F)(F)C3)c2c1. The van der Waals surface area contributed by atoms with Crippen molar-refractivity contribution < 1.29 is 102 Å². The number of carboxylic acid groups (broad SMARTS) is 1. The lowest BCUT2D eigenvalue weighted by atomic mass is 10.0. The second kappa shape index (κ2) is 27.2. The van der Waals surface area contributed by atoms with Crippen molar-refractivity contribution in [2.24, 2.45) is 5.73 Å². The molecule has 2 atom stereocenters. The number of carbonyl (C=O) groups excluding carboxylic acids is 2. The molecule has 0 spiro atoms. The van der Waals surface area contributed by atoms with Gasteiger partial charge in [0.25, 0.3) is 17.8 Å². The smallest absolute Gasteiger partial charge is 0.433 e. The number of fused-ring (bicyclic) bond motifs is 3. The van der Waals surface area contributed by atoms with E-state index in [0.29, 0.717) is 39.8 Å². The number of ketones is 1. The van der Waals surface area contributed by atoms with Crippen LogP contribution in [-0.4, -0.2) is 105 Å². The van der Waals surface area contributed by atoms with Crippen molar-refractivity contribution in [3.8, 4) is 0 Å². The van der Waals surface area contributed by atoms with Crippen molar-refractivity contribution in [3.63, 3.8) is 0 Å². The number of sulfonamides is 2. The second-order valence-electron chi connectivity index (χ2n) is 22.1. The topological polar surface area (TPSA) is 247 Å². The molecule has 17 nitrogen and oxygen atoms in total. The Morgan fingerprint density at radius 2 is 0.926 bits per heavy atom. The number of aryl methyl sites for hydroxylation is 2. The van der Waals surface area contributed by atoms with Gasteiger partial charge in [-0.2, -0.15) is 39.5 Å². The number of nitrogens with one attached hydrogen (secondary N) is 3. The number of anilines is 4. The maximum absolute atomic E-state index is 14.7. The predicted octanol–water partition coefficient (Wildman–Crippen LogP) is 14.1. The molecule has 3 aromatic heterocycles. The molecule has 1 amide bonds. The number of alkyl halides is 13. The van der Waals surface area contributed by atoms with Crippen molar-refractivity contribution >= 4 is 105 Å². The molecule has 0 saturated carbocycles. The van der Waals surface area contributed by atoms with Crippen LogP contribution in [0.2, 0.25) is 5.02 Å². The van der Waals surface area contributed by atoms with Crippen LogP contribution >= 0.6 is 11.6 Å². The summed E-state index contributed by atoms with van der Waals surface area (Å²) in [5, 5.41) is 12.0. The van der Waals surface area contributed by atoms with Crippen molar-refractivity contribution in [2.45, 2.75) is 77.1 Å². The maximum Gasteiger partial charge on any atom is 0.433 e. The average molecular weight is 1410 g/mol. The van der Waals surface area contributed by atoms with Crippen molar-refractivity contribution in [3.05, 3.63) is 170 Å². The summed E-state index contributed by atoms with van der Waals surface area (Å²) in [6, 6.07) is 17.1. The number of hydrogen-bond acceptors (Lipinski definition) is 13. The average Bonchev–Trinajstić information content (AvgIpc) is 0.760. The number of benzene rings is 5. The summed E-state index contributed by atoms with van der Waals surface area (Å²) in [6.07, 6.45) is -12.2. The molecule has 5 heterocycles. The minimum atomic E-state index is -4.81. The molecule has 2 fully saturated rings. The summed E-state index contributed by atoms with van der Waals surface area (Å²) in [4.78, 5) is 47.8. The standard InChI is InChI=1S/C24H22F6N4O3S.C14H9F5N2O2.C12H7ClF3NO.C10H15FN2O2S/c1-12-6-15(17(25)8-19(12)33-38(3,36)37)13(2)31-22(35)14-4-5-18-16(7-14)20(34-10-23(26,27)11-34)9-21(32-18)24(28,29)30;15-13(16)5-21(6-13)10-4-11(14(17,18)19)20-9-2-1-7(12(22)23)3-8(9)10;1-6(18)7-2-3-10-8(4-7)9(13)5-11(17-10)12(14,15)16;1-6-4-8(7(2)12)9(11)5-10(6)13-16(3,14)15/h4-9,13,33H,10-11H2,1-3H3,(H,31,35);1-4H,5-6H2,(H,22,23);2-5H,1H3;4-5,7,13H,12H2,1-3H3/t13-;;;7-/m1..1/s1. The van der Waals surface area contributed by atoms with E-state index in [9.17, 15) is 97.1 Å². The van der Waals surface area contributed by atoms with E-state index in [0.717, 1.165) is 58.7 Å². The molecule has 8 aromatic rings. The minimum absolute atomic E-state index is 0.00747. The molecule has 95 heavy (non-hydrogen) atoms. The molecule has 510 valence electrons. The number of pyridine rings is 3. The van der Waals surface area contributed by atoms with Crippen LogP contribution in [0.3, 0.4) is 0 Å². The Bertz CT molecular complexity index is 4560. The van der Waals surface area contributed by atoms with Crippen LogP contribution in [0.4, 0.5) is 88.6 Å². The van der Waals surface area contributed by atoms with Crippen LogP contribution in [0.15, 0.2) is 97.1 Å². The summed E-state index contributed by atoms with van der Waals surface area (Å²) in [6.45, 7) is 4.77. The molecule has 0 radical (unpaired) electrons. The van der Waals surface area contributed by atoms with Gasteiger partial charge < -0.3 is 26.0 Å². The Kier molecular flexibility index (Phi) is 21.1. The number of halogens is 16. The lowest BCUT2D eigenvalue weighted by molar-refractivity contribution is -0.141. The fourth-order valence-electron chi connectivity index (χ4n) is 9.48. The quantitative estimate of drug-likeness (QED) is 0.0564. The minimum Gasteiger partial charge on any atom is -0.478 e. The van der Waals surface area contributed by atoms with E-state index in [2.05, 4.69) is 29.7 Å². The second-order valence-corrected chi connectivity index (χ2v) is 26.0. The van der Waals surface area contributed by atoms with Gasteiger partial charge in [0.1, 0.15) is 28.7 Å². The highest BCUT2D eigenvalue weighted by Crippen LogP contribution is 2.42. The summed E-state index contributed by atoms with van der Waals surface area (Å²) >= 11 is 5.79. The normalized spacial score (nSPS) is 15.2. The third-order valence-electron chi connectivity index (χ3n) is 14.1. The Morgan fingerprint density at radius 3 is 1.31 bits per heavy atom. The monoisotopic (exact) mass is 1410 g/mol. The van der Waals surface area contributed by atoms with E-state index < -0.39 is 129 Å². The summed E-state index contributed by atoms with van der Waals surface area (Å²) in [5.74, 6) is -9.47. The zero-order chi connectivity index (χ0) is 71.2. The van der Waals surface area contributed by atoms with E-state index >= 15 is 0 Å². The molecule has 2 saturated heterocycles. The molecule has 0 unspecified atom stereocenters. The Hall–Kier alpha value is -8.76. The number of carboxylic acids is 1. The highest BCUT2D eigenvalue weighted by Gasteiger charge is 2.47. The fraction of sp³-hybridized carbons (Fsp3) is 0.300. The Morgan fingerprint density at radius 1 is 0.568 bits per heavy atom. The van der Waals surface area contributed by atoms with E-state index in [1.165, 1.54) is 56.3 Å². The first kappa shape index (κ1) is 73.6. The number of amides is 1. The third-order valence-corrected chi connectivity index (χ3v) is 15.6. The van der Waals surface area contributed by atoms with E-state index in [4.69, 9.17) is 22.4 Å². The van der Waals surface area contributed by atoms with Crippen LogP contribution in [0.25, 0.3) is 32.7 Å². The molecular weight excluding hydrogens is 1360 g/mol. The zero-order valence-corrected chi connectivity index (χ0v) is 52.6. The number of nitrogens with two attached hydrogens (primary N) is 1. The van der Waals surface area contributed by atoms with Crippen LogP contribution in [0.1, 0.15) is 103 Å². The van der Waals surface area contributed by atoms with Gasteiger partial charge in [0, 0.05) is 55.8 Å². The molecule has 0 aliphatic carbocycles. The van der Waals surface area contributed by atoms with Crippen LogP contribution < -0.4 is 30.3 Å². The molecule has 2 aliphatic rings. The zero-order valence-electron chi connectivity index (χ0n) is 50.2. The number of nitrogens with zero attached hydrogens (tertiary/aromatic N) is 5. The molecule has 10 rings (SSSR count). The maximum atomic E-state index is 14.7. The first-order valence-corrected chi connectivity index (χ1v) is 31.5. The van der Waals surface area contributed by atoms with E-state index in [1.54, 1.807) is 26.8 Å². The van der Waals surface area contributed by atoms with Gasteiger partial charge in [-0.1, -0.05) is 11.6 Å². The van der Waals surface area contributed by atoms with Gasteiger partial charge >= 0.3 is 24.5 Å². The van der Waals surface area contributed by atoms with Gasteiger partial charge in [-0.15, -0.1) is 0 Å². The van der Waals surface area contributed by atoms with Crippen molar-refractivity contribution in [1.29, 1.82) is 0 Å². The fourth-order valence-corrected chi connectivity index (χ4v) is 11.0. The van der Waals surface area contributed by atoms with E-state index in [-0.39, 0.29) is 77.6 Å². The number of aromatic carboxylic acids is 1. The van der Waals surface area contributed by atoms with Crippen LogP contribution in [0.5, 0.6) is 0 Å². The Balaban J connectivity index is 0.000000191. The summed E-state index contributed by atoms with van der Waals surface area (Å²) < 4.78 is 247. The first-order chi connectivity index (χ1) is 43.5. The van der Waals surface area contributed by atoms with Crippen LogP contribution in [-0.2, 0) is 38.6 Å². The number of carbonyl (C=O) groups is 3. The highest BCUT2D eigenvalue weighted by atomic mass is 35.5. The van der Waals surface area contributed by atoms with E-state index in [1.807, 2.05) is 0 Å². The van der Waals surface area contributed by atoms with Crippen molar-refractivity contribution in [2.75, 3.05) is 57.9 Å². The largest absolute Gasteiger partial charge is 0.478 e. The number of Topliss-reactive ketones (excluding diaryl/α,β-unsaturated/α-hetero) is 1. The van der Waals surface area contributed by atoms with Gasteiger partial charge in [0.05, 0.1) is 83.2 Å². The molecular formula is C60H53ClF15N9O8S2. The number of rotatable bonds is 12. The molecule has 0 bridgehead atoms. The van der Waals surface area contributed by atoms with Gasteiger partial charge in [0.2, 0.25) is 20.0 Å². The van der Waals surface area contributed by atoms with Crippen molar-refractivity contribution in [1.82, 2.24) is 20.3 Å².